The Kier molecular flexibility index (Phi) is 5.76. The highest BCUT2D eigenvalue weighted by molar-refractivity contribution is 5.81. The number of fused-ring (bicyclic) bond motifs is 1. The van der Waals surface area contributed by atoms with Crippen LogP contribution in [0.5, 0.6) is 17.2 Å². The molecule has 6 nitrogen and oxygen atoms in total. The Labute approximate surface area is 151 Å². The molecule has 3 aromatic rings. The molecule has 0 aliphatic rings. The van der Waals surface area contributed by atoms with Crippen LogP contribution in [0.1, 0.15) is 5.56 Å². The van der Waals surface area contributed by atoms with Crippen molar-refractivity contribution in [1.82, 2.24) is 5.32 Å². The fourth-order valence-corrected chi connectivity index (χ4v) is 2.68. The predicted molar refractivity (Wildman–Crippen MR) is 99.2 cm³/mol. The number of benzene rings is 2. The fraction of sp³-hybridized carbons (Fsp3) is 0.250. The maximum atomic E-state index is 11.8. The summed E-state index contributed by atoms with van der Waals surface area (Å²) >= 11 is 0. The molecule has 26 heavy (non-hydrogen) atoms. The van der Waals surface area contributed by atoms with Crippen molar-refractivity contribution in [1.29, 1.82) is 0 Å². The molecule has 6 heteroatoms. The van der Waals surface area contributed by atoms with Crippen LogP contribution in [0, 0.1) is 0 Å². The van der Waals surface area contributed by atoms with Crippen LogP contribution < -0.4 is 25.2 Å². The molecule has 136 valence electrons. The maximum Gasteiger partial charge on any atom is 0.336 e. The average molecular weight is 355 g/mol. The summed E-state index contributed by atoms with van der Waals surface area (Å²) in [6.07, 6.45) is 0. The Hall–Kier alpha value is -2.99. The van der Waals surface area contributed by atoms with Gasteiger partial charge in [-0.1, -0.05) is 12.1 Å². The van der Waals surface area contributed by atoms with E-state index < -0.39 is 0 Å². The van der Waals surface area contributed by atoms with Crippen molar-refractivity contribution >= 4 is 11.0 Å². The third-order valence-corrected chi connectivity index (χ3v) is 3.96. The molecule has 0 saturated carbocycles. The van der Waals surface area contributed by atoms with Crippen LogP contribution in [-0.4, -0.2) is 27.4 Å². The van der Waals surface area contributed by atoms with Gasteiger partial charge in [-0.2, -0.15) is 0 Å². The summed E-state index contributed by atoms with van der Waals surface area (Å²) in [5.41, 5.74) is 1.00. The van der Waals surface area contributed by atoms with E-state index in [1.165, 1.54) is 6.07 Å². The average Bonchev–Trinajstić information content (AvgIpc) is 2.67. The van der Waals surface area contributed by atoms with Crippen molar-refractivity contribution in [2.45, 2.75) is 6.54 Å². The van der Waals surface area contributed by atoms with Gasteiger partial charge in [-0.15, -0.1) is 0 Å². The first-order valence-electron chi connectivity index (χ1n) is 8.28. The Morgan fingerprint density at radius 2 is 1.81 bits per heavy atom. The first-order chi connectivity index (χ1) is 12.7. The van der Waals surface area contributed by atoms with Crippen molar-refractivity contribution in [3.05, 3.63) is 64.5 Å². The van der Waals surface area contributed by atoms with Crippen LogP contribution in [-0.2, 0) is 6.54 Å². The molecule has 0 atom stereocenters. The van der Waals surface area contributed by atoms with Crippen molar-refractivity contribution < 1.29 is 18.6 Å². The van der Waals surface area contributed by atoms with E-state index in [2.05, 4.69) is 5.32 Å². The molecule has 0 spiro atoms. The normalized spacial score (nSPS) is 10.7. The number of methoxy groups -OCH3 is 2. The number of para-hydroxylation sites is 2. The smallest absolute Gasteiger partial charge is 0.336 e. The number of nitrogens with one attached hydrogen (secondary N) is 1. The molecular weight excluding hydrogens is 334 g/mol. The first-order valence-corrected chi connectivity index (χ1v) is 8.28. The second-order valence-corrected chi connectivity index (χ2v) is 5.63. The number of hydrogen-bond acceptors (Lipinski definition) is 6. The van der Waals surface area contributed by atoms with Gasteiger partial charge in [0.2, 0.25) is 0 Å². The van der Waals surface area contributed by atoms with Gasteiger partial charge in [0.15, 0.2) is 11.5 Å². The van der Waals surface area contributed by atoms with Gasteiger partial charge < -0.3 is 23.9 Å². The van der Waals surface area contributed by atoms with Crippen LogP contribution in [0.15, 0.2) is 57.7 Å². The van der Waals surface area contributed by atoms with E-state index in [0.717, 1.165) is 10.9 Å². The minimum absolute atomic E-state index is 0.382. The molecule has 0 radical (unpaired) electrons. The van der Waals surface area contributed by atoms with Gasteiger partial charge in [-0.3, -0.25) is 0 Å². The summed E-state index contributed by atoms with van der Waals surface area (Å²) in [6, 6.07) is 14.5. The minimum Gasteiger partial charge on any atom is -0.497 e. The van der Waals surface area contributed by atoms with E-state index in [1.807, 2.05) is 36.4 Å². The molecule has 1 heterocycles. The van der Waals surface area contributed by atoms with Gasteiger partial charge in [0, 0.05) is 30.6 Å². The van der Waals surface area contributed by atoms with Crippen LogP contribution in [0.4, 0.5) is 0 Å². The monoisotopic (exact) mass is 355 g/mol. The Morgan fingerprint density at radius 1 is 1.00 bits per heavy atom. The molecule has 0 bridgehead atoms. The van der Waals surface area contributed by atoms with Gasteiger partial charge in [-0.25, -0.2) is 4.79 Å². The molecule has 1 N–H and O–H groups in total. The summed E-state index contributed by atoms with van der Waals surface area (Å²) in [6.45, 7) is 1.63. The molecule has 0 fully saturated rings. The van der Waals surface area contributed by atoms with Gasteiger partial charge in [0.1, 0.15) is 17.9 Å². The zero-order chi connectivity index (χ0) is 18.4. The number of rotatable bonds is 8. The topological polar surface area (TPSA) is 69.9 Å². The lowest BCUT2D eigenvalue weighted by atomic mass is 10.1. The summed E-state index contributed by atoms with van der Waals surface area (Å²) < 4.78 is 21.4. The highest BCUT2D eigenvalue weighted by Crippen LogP contribution is 2.25. The van der Waals surface area contributed by atoms with E-state index in [1.54, 1.807) is 20.3 Å². The lowest BCUT2D eigenvalue weighted by Crippen LogP contribution is -2.21. The van der Waals surface area contributed by atoms with Gasteiger partial charge >= 0.3 is 5.63 Å². The molecule has 1 aromatic heterocycles. The quantitative estimate of drug-likeness (QED) is 0.495. The molecule has 2 aromatic carbocycles. The van der Waals surface area contributed by atoms with Crippen molar-refractivity contribution in [2.75, 3.05) is 27.4 Å². The van der Waals surface area contributed by atoms with Crippen LogP contribution >= 0.6 is 0 Å². The zero-order valence-electron chi connectivity index (χ0n) is 14.8. The summed E-state index contributed by atoms with van der Waals surface area (Å²) in [5, 5.41) is 4.16. The summed E-state index contributed by atoms with van der Waals surface area (Å²) in [5.74, 6) is 2.05. The van der Waals surface area contributed by atoms with Crippen LogP contribution in [0.25, 0.3) is 11.0 Å². The summed E-state index contributed by atoms with van der Waals surface area (Å²) in [4.78, 5) is 11.8. The Bertz CT molecular complexity index is 935. The SMILES string of the molecule is COc1ccc2c(CNCCOc3ccccc3OC)cc(=O)oc2c1. The van der Waals surface area contributed by atoms with Gasteiger partial charge in [-0.05, 0) is 29.8 Å². The minimum atomic E-state index is -0.382. The van der Waals surface area contributed by atoms with Crippen LogP contribution in [0.2, 0.25) is 0 Å². The largest absolute Gasteiger partial charge is 0.497 e. The maximum absolute atomic E-state index is 11.8. The van der Waals surface area contributed by atoms with E-state index in [4.69, 9.17) is 18.6 Å². The van der Waals surface area contributed by atoms with Crippen LogP contribution in [0.3, 0.4) is 0 Å². The van der Waals surface area contributed by atoms with E-state index >= 15 is 0 Å². The fourth-order valence-electron chi connectivity index (χ4n) is 2.68. The summed E-state index contributed by atoms with van der Waals surface area (Å²) in [7, 11) is 3.19. The Balaban J connectivity index is 1.60. The molecule has 0 amide bonds. The second-order valence-electron chi connectivity index (χ2n) is 5.63. The lowest BCUT2D eigenvalue weighted by Gasteiger charge is -2.11. The number of hydrogen-bond donors (Lipinski definition) is 1. The first kappa shape index (κ1) is 17.8. The third-order valence-electron chi connectivity index (χ3n) is 3.96. The molecule has 0 unspecified atom stereocenters. The highest BCUT2D eigenvalue weighted by Gasteiger charge is 2.07. The number of ether oxygens (including phenoxy) is 3. The van der Waals surface area contributed by atoms with Crippen molar-refractivity contribution in [3.63, 3.8) is 0 Å². The highest BCUT2D eigenvalue weighted by atomic mass is 16.5. The van der Waals surface area contributed by atoms with Crippen molar-refractivity contribution in [3.8, 4) is 17.2 Å². The van der Waals surface area contributed by atoms with E-state index in [9.17, 15) is 4.79 Å². The molecule has 0 aliphatic heterocycles. The standard InChI is InChI=1S/C20H21NO5/c1-23-15-7-8-16-14(11-20(22)26-19(16)12-15)13-21-9-10-25-18-6-4-3-5-17(18)24-2/h3-8,11-12,21H,9-10,13H2,1-2H3. The Morgan fingerprint density at radius 3 is 2.58 bits per heavy atom. The predicted octanol–water partition coefficient (Wildman–Crippen LogP) is 2.98. The molecule has 0 aliphatic carbocycles. The van der Waals surface area contributed by atoms with Gasteiger partial charge in [0.25, 0.3) is 0 Å². The van der Waals surface area contributed by atoms with Gasteiger partial charge in [0.05, 0.1) is 14.2 Å². The molecule has 3 rings (SSSR count). The van der Waals surface area contributed by atoms with E-state index in [-0.39, 0.29) is 5.63 Å². The lowest BCUT2D eigenvalue weighted by molar-refractivity contribution is 0.292. The molecule has 0 saturated heterocycles. The van der Waals surface area contributed by atoms with Crippen molar-refractivity contribution in [2.24, 2.45) is 0 Å². The molecular formula is C20H21NO5. The van der Waals surface area contributed by atoms with E-state index in [0.29, 0.717) is 42.5 Å². The zero-order valence-corrected chi connectivity index (χ0v) is 14.8. The second kappa shape index (κ2) is 8.40. The third kappa shape index (κ3) is 4.15.